The molecule has 30 heavy (non-hydrogen) atoms. The molecule has 0 bridgehead atoms. The number of hydrogen-bond acceptors (Lipinski definition) is 4. The van der Waals surface area contributed by atoms with Crippen LogP contribution in [0.15, 0.2) is 53.5 Å². The summed E-state index contributed by atoms with van der Waals surface area (Å²) in [5, 5.41) is 4.62. The first-order valence-electron chi connectivity index (χ1n) is 10.0. The maximum atomic E-state index is 13.0. The molecule has 3 aromatic rings. The van der Waals surface area contributed by atoms with Crippen LogP contribution in [0.25, 0.3) is 10.8 Å². The van der Waals surface area contributed by atoms with Crippen molar-refractivity contribution in [1.82, 2.24) is 9.47 Å². The number of anilines is 1. The van der Waals surface area contributed by atoms with Crippen molar-refractivity contribution in [3.05, 3.63) is 75.2 Å². The van der Waals surface area contributed by atoms with E-state index in [1.54, 1.807) is 41.1 Å². The number of ether oxygens (including phenoxy) is 1. The van der Waals surface area contributed by atoms with Crippen molar-refractivity contribution in [2.24, 2.45) is 0 Å². The van der Waals surface area contributed by atoms with Gasteiger partial charge in [0.2, 0.25) is 0 Å². The first-order chi connectivity index (χ1) is 14.5. The molecule has 1 fully saturated rings. The Morgan fingerprint density at radius 3 is 2.63 bits per heavy atom. The van der Waals surface area contributed by atoms with Crippen LogP contribution >= 0.6 is 11.6 Å². The molecular weight excluding hydrogens is 402 g/mol. The van der Waals surface area contributed by atoms with Gasteiger partial charge in [-0.2, -0.15) is 0 Å². The molecule has 0 aliphatic carbocycles. The van der Waals surface area contributed by atoms with E-state index in [4.69, 9.17) is 16.3 Å². The van der Waals surface area contributed by atoms with Crippen LogP contribution in [-0.4, -0.2) is 48.2 Å². The molecule has 0 radical (unpaired) electrons. The minimum absolute atomic E-state index is 0.0644. The summed E-state index contributed by atoms with van der Waals surface area (Å²) < 4.78 is 7.09. The number of carbonyl (C=O) groups excluding carboxylic acids is 1. The normalized spacial score (nSPS) is 14.7. The van der Waals surface area contributed by atoms with E-state index < -0.39 is 0 Å². The van der Waals surface area contributed by atoms with Gasteiger partial charge in [0.15, 0.2) is 0 Å². The van der Waals surface area contributed by atoms with E-state index in [1.807, 2.05) is 19.1 Å². The number of amides is 1. The van der Waals surface area contributed by atoms with Gasteiger partial charge in [-0.15, -0.1) is 0 Å². The lowest BCUT2D eigenvalue weighted by molar-refractivity contribution is 0.0363. The zero-order valence-corrected chi connectivity index (χ0v) is 17.6. The van der Waals surface area contributed by atoms with Gasteiger partial charge in [0.1, 0.15) is 0 Å². The molecule has 2 aromatic carbocycles. The highest BCUT2D eigenvalue weighted by Gasteiger charge is 2.15. The predicted molar refractivity (Wildman–Crippen MR) is 120 cm³/mol. The highest BCUT2D eigenvalue weighted by molar-refractivity contribution is 6.35. The SMILES string of the molecule is Cc1cccc(C(=O)Nc2cccc3c(=O)n(CCN4CCOCC4)ccc23)c1Cl. The molecule has 1 aliphatic rings. The third-order valence-corrected chi connectivity index (χ3v) is 5.97. The van der Waals surface area contributed by atoms with Gasteiger partial charge in [-0.05, 0) is 36.8 Å². The molecule has 0 saturated carbocycles. The summed E-state index contributed by atoms with van der Waals surface area (Å²) in [6, 6.07) is 12.6. The van der Waals surface area contributed by atoms with Crippen molar-refractivity contribution >= 4 is 34.0 Å². The molecule has 156 valence electrons. The molecule has 0 spiro atoms. The number of halogens is 1. The van der Waals surface area contributed by atoms with E-state index >= 15 is 0 Å². The molecule has 1 aliphatic heterocycles. The average molecular weight is 426 g/mol. The average Bonchev–Trinajstić information content (AvgIpc) is 2.76. The summed E-state index contributed by atoms with van der Waals surface area (Å²) in [5.41, 5.74) is 1.77. The van der Waals surface area contributed by atoms with E-state index in [-0.39, 0.29) is 11.5 Å². The Hall–Kier alpha value is -2.67. The summed E-state index contributed by atoms with van der Waals surface area (Å²) in [7, 11) is 0. The number of aryl methyl sites for hydroxylation is 1. The van der Waals surface area contributed by atoms with Gasteiger partial charge >= 0.3 is 0 Å². The third kappa shape index (κ3) is 4.26. The highest BCUT2D eigenvalue weighted by Crippen LogP contribution is 2.24. The lowest BCUT2D eigenvalue weighted by Crippen LogP contribution is -2.39. The van der Waals surface area contributed by atoms with Crippen LogP contribution in [0.2, 0.25) is 5.02 Å². The number of rotatable bonds is 5. The van der Waals surface area contributed by atoms with Crippen LogP contribution < -0.4 is 10.9 Å². The van der Waals surface area contributed by atoms with Crippen LogP contribution in [0, 0.1) is 6.92 Å². The minimum atomic E-state index is -0.298. The number of aromatic nitrogens is 1. The maximum Gasteiger partial charge on any atom is 0.258 e. The Kier molecular flexibility index (Phi) is 6.18. The van der Waals surface area contributed by atoms with Crippen LogP contribution in [0.3, 0.4) is 0 Å². The molecule has 6 nitrogen and oxygen atoms in total. The van der Waals surface area contributed by atoms with Crippen molar-refractivity contribution in [1.29, 1.82) is 0 Å². The predicted octanol–water partition coefficient (Wildman–Crippen LogP) is 3.55. The van der Waals surface area contributed by atoms with Crippen molar-refractivity contribution in [3.8, 4) is 0 Å². The molecule has 1 N–H and O–H groups in total. The Morgan fingerprint density at radius 1 is 1.07 bits per heavy atom. The summed E-state index contributed by atoms with van der Waals surface area (Å²) in [5.74, 6) is -0.298. The zero-order chi connectivity index (χ0) is 21.1. The molecule has 4 rings (SSSR count). The number of hydrogen-bond donors (Lipinski definition) is 1. The van der Waals surface area contributed by atoms with Crippen molar-refractivity contribution in [2.45, 2.75) is 13.5 Å². The van der Waals surface area contributed by atoms with Crippen LogP contribution in [0.5, 0.6) is 0 Å². The van der Waals surface area contributed by atoms with Crippen LogP contribution in [-0.2, 0) is 11.3 Å². The first kappa shape index (κ1) is 20.6. The number of fused-ring (bicyclic) bond motifs is 1. The molecule has 2 heterocycles. The zero-order valence-electron chi connectivity index (χ0n) is 16.9. The minimum Gasteiger partial charge on any atom is -0.379 e. The van der Waals surface area contributed by atoms with E-state index in [0.29, 0.717) is 33.6 Å². The van der Waals surface area contributed by atoms with Gasteiger partial charge < -0.3 is 14.6 Å². The van der Waals surface area contributed by atoms with E-state index in [9.17, 15) is 9.59 Å². The van der Waals surface area contributed by atoms with Crippen LogP contribution in [0.4, 0.5) is 5.69 Å². The van der Waals surface area contributed by atoms with Gasteiger partial charge in [0, 0.05) is 48.8 Å². The molecule has 0 unspecified atom stereocenters. The van der Waals surface area contributed by atoms with Gasteiger partial charge in [-0.1, -0.05) is 29.8 Å². The number of carbonyl (C=O) groups is 1. The summed E-state index contributed by atoms with van der Waals surface area (Å²) in [6.07, 6.45) is 1.79. The van der Waals surface area contributed by atoms with E-state index in [2.05, 4.69) is 10.2 Å². The molecule has 1 saturated heterocycles. The fraction of sp³-hybridized carbons (Fsp3) is 0.304. The van der Waals surface area contributed by atoms with E-state index in [0.717, 1.165) is 38.4 Å². The second-order valence-electron chi connectivity index (χ2n) is 7.43. The Bertz CT molecular complexity index is 1140. The second-order valence-corrected chi connectivity index (χ2v) is 7.80. The largest absolute Gasteiger partial charge is 0.379 e. The van der Waals surface area contributed by atoms with Crippen molar-refractivity contribution < 1.29 is 9.53 Å². The Labute approximate surface area is 180 Å². The van der Waals surface area contributed by atoms with E-state index in [1.165, 1.54) is 0 Å². The molecule has 1 amide bonds. The first-order valence-corrected chi connectivity index (χ1v) is 10.4. The molecule has 1 aromatic heterocycles. The summed E-state index contributed by atoms with van der Waals surface area (Å²) >= 11 is 6.29. The topological polar surface area (TPSA) is 63.6 Å². The number of nitrogens with zero attached hydrogens (tertiary/aromatic N) is 2. The Morgan fingerprint density at radius 2 is 1.83 bits per heavy atom. The standard InChI is InChI=1S/C23H24ClN3O3/c1-16-4-2-6-19(21(16)24)22(28)25-20-7-3-5-18-17(20)8-9-27(23(18)29)11-10-26-12-14-30-15-13-26/h2-9H,10-15H2,1H3,(H,25,28). The summed E-state index contributed by atoms with van der Waals surface area (Å²) in [6.45, 7) is 6.53. The maximum absolute atomic E-state index is 13.0. The summed E-state index contributed by atoms with van der Waals surface area (Å²) in [4.78, 5) is 28.1. The molecule has 7 heteroatoms. The quantitative estimate of drug-likeness (QED) is 0.679. The highest BCUT2D eigenvalue weighted by atomic mass is 35.5. The van der Waals surface area contributed by atoms with Gasteiger partial charge in [-0.25, -0.2) is 0 Å². The monoisotopic (exact) mass is 425 g/mol. The number of nitrogens with one attached hydrogen (secondary N) is 1. The van der Waals surface area contributed by atoms with Gasteiger partial charge in [0.25, 0.3) is 11.5 Å². The lowest BCUT2D eigenvalue weighted by atomic mass is 10.1. The fourth-order valence-corrected chi connectivity index (χ4v) is 3.90. The third-order valence-electron chi connectivity index (χ3n) is 5.46. The number of morpholine rings is 1. The van der Waals surface area contributed by atoms with Crippen molar-refractivity contribution in [3.63, 3.8) is 0 Å². The van der Waals surface area contributed by atoms with Crippen LogP contribution in [0.1, 0.15) is 15.9 Å². The van der Waals surface area contributed by atoms with Gasteiger partial charge in [0.05, 0.1) is 23.8 Å². The smallest absolute Gasteiger partial charge is 0.258 e. The van der Waals surface area contributed by atoms with Gasteiger partial charge in [-0.3, -0.25) is 14.5 Å². The molecule has 0 atom stereocenters. The fourth-order valence-electron chi connectivity index (χ4n) is 3.69. The lowest BCUT2D eigenvalue weighted by Gasteiger charge is -2.26. The molecular formula is C23H24ClN3O3. The van der Waals surface area contributed by atoms with Crippen molar-refractivity contribution in [2.75, 3.05) is 38.2 Å². The Balaban J connectivity index is 1.58. The number of benzene rings is 2. The number of pyridine rings is 1. The second kappa shape index (κ2) is 9.00.